The molecule has 0 spiro atoms. The van der Waals surface area contributed by atoms with E-state index in [1.165, 1.54) is 36.3 Å². The Hall–Kier alpha value is -3.19. The van der Waals surface area contributed by atoms with E-state index in [0.29, 0.717) is 17.9 Å². The summed E-state index contributed by atoms with van der Waals surface area (Å²) in [5.41, 5.74) is 0.868. The predicted molar refractivity (Wildman–Crippen MR) is 107 cm³/mol. The van der Waals surface area contributed by atoms with Crippen LogP contribution < -0.4 is 4.74 Å². The highest BCUT2D eigenvalue weighted by Crippen LogP contribution is 2.40. The van der Waals surface area contributed by atoms with Gasteiger partial charge in [-0.1, -0.05) is 12.1 Å². The maximum atomic E-state index is 13.3. The second kappa shape index (κ2) is 8.28. The molecule has 2 aliphatic heterocycles. The Bertz CT molecular complexity index is 995. The van der Waals surface area contributed by atoms with Crippen LogP contribution in [0, 0.1) is 5.82 Å². The summed E-state index contributed by atoms with van der Waals surface area (Å²) in [6.07, 6.45) is 1.53. The van der Waals surface area contributed by atoms with Crippen LogP contribution in [0.3, 0.4) is 0 Å². The molecule has 0 aliphatic carbocycles. The van der Waals surface area contributed by atoms with Crippen LogP contribution in [0.4, 0.5) is 4.39 Å². The van der Waals surface area contributed by atoms with Gasteiger partial charge in [-0.15, -0.1) is 0 Å². The lowest BCUT2D eigenvalue weighted by molar-refractivity contribution is -0.140. The summed E-state index contributed by atoms with van der Waals surface area (Å²) in [4.78, 5) is 27.3. The maximum absolute atomic E-state index is 13.3. The van der Waals surface area contributed by atoms with E-state index in [-0.39, 0.29) is 29.5 Å². The lowest BCUT2D eigenvalue weighted by Crippen LogP contribution is -2.36. The number of aliphatic hydroxyl groups excluding tert-OH is 1. The van der Waals surface area contributed by atoms with Crippen molar-refractivity contribution in [2.75, 3.05) is 20.3 Å². The quantitative estimate of drug-likeness (QED) is 0.463. The number of rotatable bonds is 5. The molecular formula is C23H22FNO5. The van der Waals surface area contributed by atoms with E-state index in [9.17, 15) is 19.1 Å². The van der Waals surface area contributed by atoms with E-state index in [1.807, 2.05) is 0 Å². The van der Waals surface area contributed by atoms with Gasteiger partial charge in [-0.3, -0.25) is 9.59 Å². The fourth-order valence-electron chi connectivity index (χ4n) is 4.00. The van der Waals surface area contributed by atoms with Crippen molar-refractivity contribution < 1.29 is 28.6 Å². The Morgan fingerprint density at radius 1 is 1.23 bits per heavy atom. The Balaban J connectivity index is 1.83. The first-order valence-corrected chi connectivity index (χ1v) is 9.79. The summed E-state index contributed by atoms with van der Waals surface area (Å²) in [6, 6.07) is 11.4. The van der Waals surface area contributed by atoms with Gasteiger partial charge in [-0.25, -0.2) is 4.39 Å². The van der Waals surface area contributed by atoms with Crippen molar-refractivity contribution in [3.05, 3.63) is 71.0 Å². The highest BCUT2D eigenvalue weighted by atomic mass is 19.1. The molecule has 4 rings (SSSR count). The molecule has 156 valence electrons. The molecule has 7 heteroatoms. The number of carbonyl (C=O) groups is 2. The second-order valence-corrected chi connectivity index (χ2v) is 7.37. The van der Waals surface area contributed by atoms with Crippen LogP contribution in [0.2, 0.25) is 0 Å². The highest BCUT2D eigenvalue weighted by molar-refractivity contribution is 6.46. The minimum Gasteiger partial charge on any atom is -0.507 e. The molecule has 2 aliphatic rings. The average Bonchev–Trinajstić information content (AvgIpc) is 3.36. The molecule has 0 saturated carbocycles. The van der Waals surface area contributed by atoms with Crippen molar-refractivity contribution in [3.8, 4) is 5.75 Å². The number of carbonyl (C=O) groups excluding carboxylic acids is 2. The average molecular weight is 411 g/mol. The van der Waals surface area contributed by atoms with Crippen molar-refractivity contribution in [1.82, 2.24) is 4.90 Å². The number of ketones is 1. The molecule has 2 saturated heterocycles. The molecule has 0 bridgehead atoms. The van der Waals surface area contributed by atoms with Gasteiger partial charge >= 0.3 is 0 Å². The van der Waals surface area contributed by atoms with Crippen LogP contribution in [0.5, 0.6) is 5.75 Å². The van der Waals surface area contributed by atoms with Gasteiger partial charge in [0, 0.05) is 18.7 Å². The van der Waals surface area contributed by atoms with Crippen molar-refractivity contribution in [1.29, 1.82) is 0 Å². The van der Waals surface area contributed by atoms with Crippen LogP contribution >= 0.6 is 0 Å². The monoisotopic (exact) mass is 411 g/mol. The van der Waals surface area contributed by atoms with E-state index < -0.39 is 23.5 Å². The van der Waals surface area contributed by atoms with Crippen LogP contribution in [0.1, 0.15) is 30.0 Å². The van der Waals surface area contributed by atoms with E-state index in [1.54, 1.807) is 24.3 Å². The molecule has 6 nitrogen and oxygen atoms in total. The first kappa shape index (κ1) is 20.1. The summed E-state index contributed by atoms with van der Waals surface area (Å²) >= 11 is 0. The van der Waals surface area contributed by atoms with Gasteiger partial charge in [-0.2, -0.15) is 0 Å². The van der Waals surface area contributed by atoms with E-state index in [0.717, 1.165) is 12.8 Å². The minimum absolute atomic E-state index is 0.0298. The fraction of sp³-hybridized carbons (Fsp3) is 0.304. The topological polar surface area (TPSA) is 76.1 Å². The number of halogens is 1. The fourth-order valence-corrected chi connectivity index (χ4v) is 4.00. The molecule has 2 aromatic carbocycles. The normalized spacial score (nSPS) is 23.2. The highest BCUT2D eigenvalue weighted by Gasteiger charge is 2.47. The number of likely N-dealkylation sites (tertiary alicyclic amines) is 1. The number of nitrogens with zero attached hydrogens (tertiary/aromatic N) is 1. The molecule has 2 aromatic rings. The van der Waals surface area contributed by atoms with E-state index in [4.69, 9.17) is 9.47 Å². The van der Waals surface area contributed by atoms with Gasteiger partial charge in [0.2, 0.25) is 0 Å². The van der Waals surface area contributed by atoms with E-state index >= 15 is 0 Å². The summed E-state index contributed by atoms with van der Waals surface area (Å²) < 4.78 is 24.3. The molecule has 0 radical (unpaired) electrons. The molecular weight excluding hydrogens is 389 g/mol. The van der Waals surface area contributed by atoms with Gasteiger partial charge in [0.15, 0.2) is 0 Å². The smallest absolute Gasteiger partial charge is 0.295 e. The number of ether oxygens (including phenoxy) is 2. The summed E-state index contributed by atoms with van der Waals surface area (Å²) in [6.45, 7) is 0.862. The third-order valence-corrected chi connectivity index (χ3v) is 5.49. The first-order valence-electron chi connectivity index (χ1n) is 9.79. The Morgan fingerprint density at radius 3 is 2.67 bits per heavy atom. The summed E-state index contributed by atoms with van der Waals surface area (Å²) in [5.74, 6) is -1.70. The molecule has 2 fully saturated rings. The van der Waals surface area contributed by atoms with Gasteiger partial charge in [-0.05, 0) is 54.8 Å². The van der Waals surface area contributed by atoms with Crippen LogP contribution in [-0.2, 0) is 14.3 Å². The third kappa shape index (κ3) is 3.68. The van der Waals surface area contributed by atoms with Crippen LogP contribution in [-0.4, -0.2) is 48.1 Å². The zero-order valence-corrected chi connectivity index (χ0v) is 16.5. The standard InChI is InChI=1S/C23H22FNO5/c1-29-17-5-2-4-15(12-17)20-19(21(26)14-7-9-16(24)10-8-14)22(27)23(28)25(20)13-18-6-3-11-30-18/h2,4-5,7-10,12,18,20,26H,3,6,11,13H2,1H3/b21-19+. The number of hydrogen-bond acceptors (Lipinski definition) is 5. The Labute approximate surface area is 173 Å². The SMILES string of the molecule is COc1cccc(C2/C(=C(\O)c3ccc(F)cc3)C(=O)C(=O)N2CC2CCCO2)c1. The molecule has 2 heterocycles. The van der Waals surface area contributed by atoms with Crippen molar-refractivity contribution >= 4 is 17.4 Å². The zero-order chi connectivity index (χ0) is 21.3. The lowest BCUT2D eigenvalue weighted by Gasteiger charge is -2.27. The van der Waals surface area contributed by atoms with Gasteiger partial charge in [0.05, 0.1) is 24.8 Å². The van der Waals surface area contributed by atoms with Crippen molar-refractivity contribution in [3.63, 3.8) is 0 Å². The predicted octanol–water partition coefficient (Wildman–Crippen LogP) is 3.44. The minimum atomic E-state index is -0.797. The Morgan fingerprint density at radius 2 is 2.00 bits per heavy atom. The summed E-state index contributed by atoms with van der Waals surface area (Å²) in [7, 11) is 1.53. The lowest BCUT2D eigenvalue weighted by atomic mass is 9.95. The molecule has 0 aromatic heterocycles. The van der Waals surface area contributed by atoms with Gasteiger partial charge < -0.3 is 19.5 Å². The molecule has 2 atom stereocenters. The molecule has 1 N–H and O–H groups in total. The van der Waals surface area contributed by atoms with Crippen molar-refractivity contribution in [2.24, 2.45) is 0 Å². The van der Waals surface area contributed by atoms with E-state index in [2.05, 4.69) is 0 Å². The van der Waals surface area contributed by atoms with Crippen LogP contribution in [0.15, 0.2) is 54.1 Å². The molecule has 30 heavy (non-hydrogen) atoms. The number of Topliss-reactive ketones (excluding diaryl/α,β-unsaturated/α-hetero) is 1. The number of benzene rings is 2. The number of hydrogen-bond donors (Lipinski definition) is 1. The Kier molecular flexibility index (Phi) is 5.55. The maximum Gasteiger partial charge on any atom is 0.295 e. The summed E-state index contributed by atoms with van der Waals surface area (Å²) in [5, 5.41) is 10.9. The van der Waals surface area contributed by atoms with Gasteiger partial charge in [0.25, 0.3) is 11.7 Å². The molecule has 1 amide bonds. The largest absolute Gasteiger partial charge is 0.507 e. The van der Waals surface area contributed by atoms with Crippen LogP contribution in [0.25, 0.3) is 5.76 Å². The number of aliphatic hydroxyl groups is 1. The second-order valence-electron chi connectivity index (χ2n) is 7.37. The first-order chi connectivity index (χ1) is 14.5. The van der Waals surface area contributed by atoms with Crippen molar-refractivity contribution in [2.45, 2.75) is 25.0 Å². The molecule has 2 unspecified atom stereocenters. The number of methoxy groups -OCH3 is 1. The zero-order valence-electron chi connectivity index (χ0n) is 16.5. The van der Waals surface area contributed by atoms with Gasteiger partial charge in [0.1, 0.15) is 17.3 Å². The third-order valence-electron chi connectivity index (χ3n) is 5.49. The number of amides is 1.